The Morgan fingerprint density at radius 3 is 3.00 bits per heavy atom. The normalized spacial score (nSPS) is 28.6. The first-order chi connectivity index (χ1) is 4.34. The molecule has 0 spiro atoms. The number of nitrogens with one attached hydrogen (secondary N) is 1. The number of Topliss-reactive ketones (excluding diaryl/α,β-unsaturated/α-hetero) is 1. The second-order valence-corrected chi connectivity index (χ2v) is 2.31. The van der Waals surface area contributed by atoms with Gasteiger partial charge in [-0.25, -0.2) is 0 Å². The molecule has 0 radical (unpaired) electrons. The van der Waals surface area contributed by atoms with Crippen LogP contribution < -0.4 is 11.1 Å². The van der Waals surface area contributed by atoms with Gasteiger partial charge in [0, 0.05) is 13.0 Å². The number of carbonyl (C=O) groups is 1. The van der Waals surface area contributed by atoms with Crippen molar-refractivity contribution in [1.82, 2.24) is 5.32 Å². The Morgan fingerprint density at radius 2 is 2.56 bits per heavy atom. The lowest BCUT2D eigenvalue weighted by Gasteiger charge is -2.19. The molecule has 52 valence electrons. The van der Waals surface area contributed by atoms with Gasteiger partial charge in [-0.1, -0.05) is 0 Å². The molecule has 0 unspecified atom stereocenters. The molecule has 3 heteroatoms. The van der Waals surface area contributed by atoms with Crippen LogP contribution in [0.5, 0.6) is 0 Å². The van der Waals surface area contributed by atoms with Gasteiger partial charge < -0.3 is 11.1 Å². The van der Waals surface area contributed by atoms with Crippen LogP contribution in [-0.4, -0.2) is 24.9 Å². The lowest BCUT2D eigenvalue weighted by atomic mass is 10.0. The zero-order valence-corrected chi connectivity index (χ0v) is 5.39. The lowest BCUT2D eigenvalue weighted by molar-refractivity contribution is -0.122. The maximum atomic E-state index is 10.9. The summed E-state index contributed by atoms with van der Waals surface area (Å²) in [6.45, 7) is 1.38. The van der Waals surface area contributed by atoms with E-state index in [1.165, 1.54) is 0 Å². The van der Waals surface area contributed by atoms with Gasteiger partial charge in [0.15, 0.2) is 5.78 Å². The van der Waals surface area contributed by atoms with Gasteiger partial charge in [-0.05, 0) is 13.0 Å². The fourth-order valence-corrected chi connectivity index (χ4v) is 1.04. The minimum Gasteiger partial charge on any atom is -0.328 e. The predicted octanol–water partition coefficient (Wildman–Crippen LogP) is -0.734. The first-order valence-corrected chi connectivity index (χ1v) is 3.31. The molecule has 0 bridgehead atoms. The van der Waals surface area contributed by atoms with E-state index in [1.807, 2.05) is 0 Å². The first-order valence-electron chi connectivity index (χ1n) is 3.31. The van der Waals surface area contributed by atoms with Crippen molar-refractivity contribution in [3.63, 3.8) is 0 Å². The highest BCUT2D eigenvalue weighted by Gasteiger charge is 2.18. The molecule has 1 atom stereocenters. The molecule has 0 aromatic rings. The van der Waals surface area contributed by atoms with Crippen LogP contribution in [0.4, 0.5) is 0 Å². The number of carbonyl (C=O) groups excluding carboxylic acids is 1. The van der Waals surface area contributed by atoms with Crippen LogP contribution >= 0.6 is 0 Å². The molecule has 1 heterocycles. The zero-order valence-electron chi connectivity index (χ0n) is 5.39. The Balaban J connectivity index is 2.39. The Labute approximate surface area is 54.6 Å². The summed E-state index contributed by atoms with van der Waals surface area (Å²) in [5.41, 5.74) is 5.31. The van der Waals surface area contributed by atoms with E-state index in [1.54, 1.807) is 0 Å². The third kappa shape index (κ3) is 1.50. The van der Waals surface area contributed by atoms with Crippen molar-refractivity contribution >= 4 is 5.78 Å². The lowest BCUT2D eigenvalue weighted by Crippen LogP contribution is -2.46. The molecule has 0 aromatic heterocycles. The Kier molecular flexibility index (Phi) is 2.19. The van der Waals surface area contributed by atoms with Crippen LogP contribution in [0.25, 0.3) is 0 Å². The van der Waals surface area contributed by atoms with Crippen molar-refractivity contribution in [3.05, 3.63) is 0 Å². The van der Waals surface area contributed by atoms with Crippen LogP contribution in [0, 0.1) is 0 Å². The van der Waals surface area contributed by atoms with Crippen molar-refractivity contribution in [2.24, 2.45) is 5.73 Å². The van der Waals surface area contributed by atoms with Gasteiger partial charge >= 0.3 is 0 Å². The van der Waals surface area contributed by atoms with E-state index in [-0.39, 0.29) is 11.8 Å². The average molecular weight is 128 g/mol. The van der Waals surface area contributed by atoms with Gasteiger partial charge in [0.25, 0.3) is 0 Å². The van der Waals surface area contributed by atoms with Crippen LogP contribution in [0.3, 0.4) is 0 Å². The molecule has 3 nitrogen and oxygen atoms in total. The molecule has 1 aliphatic rings. The quantitative estimate of drug-likeness (QED) is 0.489. The average Bonchev–Trinajstić information content (AvgIpc) is 1.89. The van der Waals surface area contributed by atoms with Crippen molar-refractivity contribution in [2.45, 2.75) is 18.9 Å². The Bertz CT molecular complexity index is 114. The summed E-state index contributed by atoms with van der Waals surface area (Å²) in [6, 6.07) is -0.0567. The van der Waals surface area contributed by atoms with E-state index in [0.29, 0.717) is 13.0 Å². The number of hydrogen-bond donors (Lipinski definition) is 2. The summed E-state index contributed by atoms with van der Waals surface area (Å²) in [7, 11) is 0. The number of piperidine rings is 1. The van der Waals surface area contributed by atoms with Crippen molar-refractivity contribution in [3.8, 4) is 0 Å². The highest BCUT2D eigenvalue weighted by molar-refractivity contribution is 5.84. The highest BCUT2D eigenvalue weighted by Crippen LogP contribution is 2.00. The summed E-state index contributed by atoms with van der Waals surface area (Å²) >= 11 is 0. The smallest absolute Gasteiger partial charge is 0.151 e. The first kappa shape index (κ1) is 6.71. The largest absolute Gasteiger partial charge is 0.328 e. The number of hydrogen-bond acceptors (Lipinski definition) is 3. The van der Waals surface area contributed by atoms with Gasteiger partial charge in [-0.3, -0.25) is 4.79 Å². The van der Waals surface area contributed by atoms with Crippen LogP contribution in [0.2, 0.25) is 0 Å². The SMILES string of the molecule is NC[C@H]1NCCCC1=O. The Hall–Kier alpha value is -0.410. The number of nitrogens with two attached hydrogens (primary N) is 1. The van der Waals surface area contributed by atoms with Gasteiger partial charge in [0.1, 0.15) is 0 Å². The molecule has 0 saturated carbocycles. The second kappa shape index (κ2) is 2.94. The zero-order chi connectivity index (χ0) is 6.69. The third-order valence-corrected chi connectivity index (χ3v) is 1.62. The van der Waals surface area contributed by atoms with Crippen molar-refractivity contribution in [2.75, 3.05) is 13.1 Å². The van der Waals surface area contributed by atoms with Gasteiger partial charge in [0.05, 0.1) is 6.04 Å². The van der Waals surface area contributed by atoms with Crippen molar-refractivity contribution < 1.29 is 4.79 Å². The summed E-state index contributed by atoms with van der Waals surface area (Å²) in [5.74, 6) is 0.267. The molecule has 9 heavy (non-hydrogen) atoms. The van der Waals surface area contributed by atoms with E-state index in [9.17, 15) is 4.79 Å². The van der Waals surface area contributed by atoms with Gasteiger partial charge in [0.2, 0.25) is 0 Å². The molecule has 1 rings (SSSR count). The highest BCUT2D eigenvalue weighted by atomic mass is 16.1. The van der Waals surface area contributed by atoms with E-state index >= 15 is 0 Å². The van der Waals surface area contributed by atoms with E-state index < -0.39 is 0 Å². The van der Waals surface area contributed by atoms with Crippen LogP contribution in [-0.2, 0) is 4.79 Å². The third-order valence-electron chi connectivity index (χ3n) is 1.62. The van der Waals surface area contributed by atoms with E-state index in [0.717, 1.165) is 13.0 Å². The summed E-state index contributed by atoms with van der Waals surface area (Å²) in [4.78, 5) is 10.9. The molecular formula is C6H12N2O. The predicted molar refractivity (Wildman–Crippen MR) is 35.1 cm³/mol. The molecule has 0 aromatic carbocycles. The maximum absolute atomic E-state index is 10.9. The molecule has 0 aliphatic carbocycles. The topological polar surface area (TPSA) is 55.1 Å². The van der Waals surface area contributed by atoms with Gasteiger partial charge in [-0.15, -0.1) is 0 Å². The second-order valence-electron chi connectivity index (χ2n) is 2.31. The van der Waals surface area contributed by atoms with E-state index in [2.05, 4.69) is 5.32 Å². The van der Waals surface area contributed by atoms with Crippen LogP contribution in [0.15, 0.2) is 0 Å². The number of rotatable bonds is 1. The standard InChI is InChI=1S/C6H12N2O/c7-4-5-6(9)2-1-3-8-5/h5,8H,1-4,7H2/t5-/m1/s1. The van der Waals surface area contributed by atoms with Crippen molar-refractivity contribution in [1.29, 1.82) is 0 Å². The fraction of sp³-hybridized carbons (Fsp3) is 0.833. The molecular weight excluding hydrogens is 116 g/mol. The molecule has 1 saturated heterocycles. The summed E-state index contributed by atoms with van der Waals surface area (Å²) in [5, 5.41) is 3.04. The minimum absolute atomic E-state index is 0.0567. The Morgan fingerprint density at radius 1 is 1.78 bits per heavy atom. The number of ketones is 1. The molecule has 1 fully saturated rings. The fourth-order valence-electron chi connectivity index (χ4n) is 1.04. The van der Waals surface area contributed by atoms with Gasteiger partial charge in [-0.2, -0.15) is 0 Å². The molecule has 0 amide bonds. The maximum Gasteiger partial charge on any atom is 0.151 e. The molecule has 3 N–H and O–H groups in total. The minimum atomic E-state index is -0.0567. The monoisotopic (exact) mass is 128 g/mol. The molecule has 1 aliphatic heterocycles. The van der Waals surface area contributed by atoms with E-state index in [4.69, 9.17) is 5.73 Å². The van der Waals surface area contributed by atoms with Crippen LogP contribution in [0.1, 0.15) is 12.8 Å². The summed E-state index contributed by atoms with van der Waals surface area (Å²) < 4.78 is 0. The summed E-state index contributed by atoms with van der Waals surface area (Å²) in [6.07, 6.45) is 1.67.